The Morgan fingerprint density at radius 2 is 2.21 bits per heavy atom. The molecule has 0 radical (unpaired) electrons. The normalized spacial score (nSPS) is 18.3. The van der Waals surface area contributed by atoms with Crippen molar-refractivity contribution in [3.8, 4) is 0 Å². The molecule has 2 fully saturated rings. The van der Waals surface area contributed by atoms with Gasteiger partial charge in [0.15, 0.2) is 0 Å². The Morgan fingerprint density at radius 1 is 1.37 bits per heavy atom. The molecule has 0 spiro atoms. The second kappa shape index (κ2) is 5.70. The topological polar surface area (TPSA) is 45.2 Å². The van der Waals surface area contributed by atoms with E-state index in [-0.39, 0.29) is 5.91 Å². The van der Waals surface area contributed by atoms with Crippen molar-refractivity contribution in [2.45, 2.75) is 50.7 Å². The van der Waals surface area contributed by atoms with Crippen LogP contribution in [0.2, 0.25) is 0 Å². The number of nitrogens with zero attached hydrogens (tertiary/aromatic N) is 2. The van der Waals surface area contributed by atoms with Gasteiger partial charge in [-0.05, 0) is 37.3 Å². The molecule has 19 heavy (non-hydrogen) atoms. The quantitative estimate of drug-likeness (QED) is 0.811. The minimum atomic E-state index is 0.277. The highest BCUT2D eigenvalue weighted by Gasteiger charge is 2.32. The van der Waals surface area contributed by atoms with Crippen LogP contribution >= 0.6 is 0 Å². The van der Waals surface area contributed by atoms with E-state index in [1.807, 2.05) is 23.2 Å². The van der Waals surface area contributed by atoms with Gasteiger partial charge in [-0.3, -0.25) is 9.78 Å². The maximum absolute atomic E-state index is 12.3. The van der Waals surface area contributed by atoms with Gasteiger partial charge in [0.25, 0.3) is 0 Å². The molecule has 1 heterocycles. The van der Waals surface area contributed by atoms with Crippen LogP contribution in [-0.4, -0.2) is 34.4 Å². The zero-order valence-electron chi connectivity index (χ0n) is 11.2. The standard InChI is InChI=1S/C15H21N3O/c19-15(7-9-17-13-3-4-13)18(14-5-6-14)11-12-2-1-8-16-10-12/h1-2,8,10,13-14,17H,3-7,9,11H2. The van der Waals surface area contributed by atoms with Crippen LogP contribution in [0.5, 0.6) is 0 Å². The predicted octanol–water partition coefficient (Wildman–Crippen LogP) is 1.71. The van der Waals surface area contributed by atoms with Gasteiger partial charge in [-0.2, -0.15) is 0 Å². The van der Waals surface area contributed by atoms with Crippen LogP contribution in [0.4, 0.5) is 0 Å². The Hall–Kier alpha value is -1.42. The van der Waals surface area contributed by atoms with Crippen LogP contribution in [0.3, 0.4) is 0 Å². The Morgan fingerprint density at radius 3 is 2.84 bits per heavy atom. The summed E-state index contributed by atoms with van der Waals surface area (Å²) < 4.78 is 0. The molecule has 4 nitrogen and oxygen atoms in total. The van der Waals surface area contributed by atoms with Crippen molar-refractivity contribution in [3.63, 3.8) is 0 Å². The fourth-order valence-electron chi connectivity index (χ4n) is 2.31. The number of hydrogen-bond acceptors (Lipinski definition) is 3. The van der Waals surface area contributed by atoms with Crippen LogP contribution in [-0.2, 0) is 11.3 Å². The van der Waals surface area contributed by atoms with E-state index in [0.717, 1.165) is 24.9 Å². The maximum Gasteiger partial charge on any atom is 0.224 e. The molecule has 0 bridgehead atoms. The minimum absolute atomic E-state index is 0.277. The molecule has 0 atom stereocenters. The van der Waals surface area contributed by atoms with Gasteiger partial charge in [0.05, 0.1) is 0 Å². The first-order valence-corrected chi connectivity index (χ1v) is 7.24. The Kier molecular flexibility index (Phi) is 3.78. The van der Waals surface area contributed by atoms with Crippen molar-refractivity contribution in [2.24, 2.45) is 0 Å². The van der Waals surface area contributed by atoms with E-state index in [1.165, 1.54) is 12.8 Å². The fourth-order valence-corrected chi connectivity index (χ4v) is 2.31. The summed E-state index contributed by atoms with van der Waals surface area (Å²) in [5, 5.41) is 3.41. The first-order chi connectivity index (χ1) is 9.33. The molecule has 4 heteroatoms. The fraction of sp³-hybridized carbons (Fsp3) is 0.600. The predicted molar refractivity (Wildman–Crippen MR) is 73.5 cm³/mol. The number of nitrogens with one attached hydrogen (secondary N) is 1. The van der Waals surface area contributed by atoms with Gasteiger partial charge < -0.3 is 10.2 Å². The van der Waals surface area contributed by atoms with E-state index < -0.39 is 0 Å². The molecule has 2 saturated carbocycles. The third kappa shape index (κ3) is 3.77. The zero-order valence-corrected chi connectivity index (χ0v) is 11.2. The first-order valence-electron chi connectivity index (χ1n) is 7.24. The minimum Gasteiger partial charge on any atom is -0.335 e. The van der Waals surface area contributed by atoms with Crippen LogP contribution in [0, 0.1) is 0 Å². The number of amides is 1. The Bertz CT molecular complexity index is 426. The molecule has 0 aliphatic heterocycles. The largest absolute Gasteiger partial charge is 0.335 e. The molecule has 102 valence electrons. The third-order valence-electron chi connectivity index (χ3n) is 3.73. The van der Waals surface area contributed by atoms with Gasteiger partial charge in [-0.1, -0.05) is 6.07 Å². The van der Waals surface area contributed by atoms with Gasteiger partial charge in [0.1, 0.15) is 0 Å². The SMILES string of the molecule is O=C(CCNC1CC1)N(Cc1cccnc1)C1CC1. The van der Waals surface area contributed by atoms with E-state index in [4.69, 9.17) is 0 Å². The van der Waals surface area contributed by atoms with Crippen molar-refractivity contribution in [1.29, 1.82) is 0 Å². The Balaban J connectivity index is 1.52. The van der Waals surface area contributed by atoms with Crippen molar-refractivity contribution in [1.82, 2.24) is 15.2 Å². The second-order valence-electron chi connectivity index (χ2n) is 5.59. The number of aromatic nitrogens is 1. The highest BCUT2D eigenvalue weighted by Crippen LogP contribution is 2.28. The molecular formula is C15H21N3O. The van der Waals surface area contributed by atoms with Gasteiger partial charge in [-0.15, -0.1) is 0 Å². The van der Waals surface area contributed by atoms with Crippen molar-refractivity contribution in [3.05, 3.63) is 30.1 Å². The summed E-state index contributed by atoms with van der Waals surface area (Å²) in [7, 11) is 0. The molecular weight excluding hydrogens is 238 g/mol. The van der Waals surface area contributed by atoms with E-state index >= 15 is 0 Å². The molecule has 2 aliphatic carbocycles. The summed E-state index contributed by atoms with van der Waals surface area (Å²) in [4.78, 5) is 18.4. The lowest BCUT2D eigenvalue weighted by atomic mass is 10.2. The van der Waals surface area contributed by atoms with E-state index in [1.54, 1.807) is 6.20 Å². The highest BCUT2D eigenvalue weighted by atomic mass is 16.2. The molecule has 1 amide bonds. The van der Waals surface area contributed by atoms with Gasteiger partial charge in [0, 0.05) is 44.0 Å². The summed E-state index contributed by atoms with van der Waals surface area (Å²) in [5.74, 6) is 0.277. The first kappa shape index (κ1) is 12.6. The number of carbonyl (C=O) groups is 1. The second-order valence-corrected chi connectivity index (χ2v) is 5.59. The van der Waals surface area contributed by atoms with Crippen LogP contribution in [0.25, 0.3) is 0 Å². The van der Waals surface area contributed by atoms with Crippen molar-refractivity contribution in [2.75, 3.05) is 6.54 Å². The average molecular weight is 259 g/mol. The molecule has 2 aliphatic rings. The van der Waals surface area contributed by atoms with E-state index in [0.29, 0.717) is 25.0 Å². The maximum atomic E-state index is 12.3. The number of rotatable bonds is 7. The lowest BCUT2D eigenvalue weighted by Gasteiger charge is -2.22. The lowest BCUT2D eigenvalue weighted by Crippen LogP contribution is -2.34. The van der Waals surface area contributed by atoms with Crippen LogP contribution in [0.1, 0.15) is 37.7 Å². The summed E-state index contributed by atoms with van der Waals surface area (Å²) in [5.41, 5.74) is 1.12. The van der Waals surface area contributed by atoms with Gasteiger partial charge in [-0.25, -0.2) is 0 Å². The third-order valence-corrected chi connectivity index (χ3v) is 3.73. The molecule has 0 unspecified atom stereocenters. The molecule has 3 rings (SSSR count). The van der Waals surface area contributed by atoms with Crippen LogP contribution in [0.15, 0.2) is 24.5 Å². The molecule has 1 aromatic rings. The number of carbonyl (C=O) groups excluding carboxylic acids is 1. The van der Waals surface area contributed by atoms with Crippen molar-refractivity contribution >= 4 is 5.91 Å². The molecule has 0 aromatic carbocycles. The number of pyridine rings is 1. The summed E-state index contributed by atoms with van der Waals surface area (Å²) >= 11 is 0. The van der Waals surface area contributed by atoms with E-state index in [9.17, 15) is 4.79 Å². The average Bonchev–Trinajstić information content (AvgIpc) is 3.29. The smallest absolute Gasteiger partial charge is 0.224 e. The molecule has 0 saturated heterocycles. The van der Waals surface area contributed by atoms with Crippen LogP contribution < -0.4 is 5.32 Å². The lowest BCUT2D eigenvalue weighted by molar-refractivity contribution is -0.132. The zero-order chi connectivity index (χ0) is 13.1. The van der Waals surface area contributed by atoms with Gasteiger partial charge in [0.2, 0.25) is 5.91 Å². The summed E-state index contributed by atoms with van der Waals surface area (Å²) in [6.45, 7) is 1.53. The Labute approximate surface area is 114 Å². The van der Waals surface area contributed by atoms with E-state index in [2.05, 4.69) is 10.3 Å². The summed E-state index contributed by atoms with van der Waals surface area (Å²) in [6.07, 6.45) is 9.10. The number of hydrogen-bond donors (Lipinski definition) is 1. The summed E-state index contributed by atoms with van der Waals surface area (Å²) in [6, 6.07) is 5.12. The molecule has 1 N–H and O–H groups in total. The molecule has 1 aromatic heterocycles. The highest BCUT2D eigenvalue weighted by molar-refractivity contribution is 5.77. The van der Waals surface area contributed by atoms with Crippen molar-refractivity contribution < 1.29 is 4.79 Å². The van der Waals surface area contributed by atoms with Gasteiger partial charge >= 0.3 is 0 Å². The monoisotopic (exact) mass is 259 g/mol.